The minimum atomic E-state index is -0.168. The summed E-state index contributed by atoms with van der Waals surface area (Å²) in [5.41, 5.74) is 2.60. The summed E-state index contributed by atoms with van der Waals surface area (Å²) in [5, 5.41) is 5.57. The Bertz CT molecular complexity index is 673. The fourth-order valence-electron chi connectivity index (χ4n) is 2.11. The molecule has 23 heavy (non-hydrogen) atoms. The first-order valence-electron chi connectivity index (χ1n) is 7.29. The molecule has 6 heteroatoms. The average Bonchev–Trinajstić information content (AvgIpc) is 2.53. The number of hydrogen-bond donors (Lipinski definition) is 2. The Kier molecular flexibility index (Phi) is 5.68. The van der Waals surface area contributed by atoms with Crippen LogP contribution in [0.25, 0.3) is 0 Å². The second-order valence-corrected chi connectivity index (χ2v) is 5.26. The smallest absolute Gasteiger partial charge is 0.317 e. The van der Waals surface area contributed by atoms with Gasteiger partial charge in [-0.15, -0.1) is 0 Å². The Balaban J connectivity index is 1.87. The number of aromatic nitrogens is 1. The largest absolute Gasteiger partial charge is 0.334 e. The molecule has 1 heterocycles. The predicted molar refractivity (Wildman–Crippen MR) is 88.7 cm³/mol. The lowest BCUT2D eigenvalue weighted by atomic mass is 10.2. The lowest BCUT2D eigenvalue weighted by Crippen LogP contribution is -2.36. The zero-order chi connectivity index (χ0) is 16.7. The Hall–Kier alpha value is -2.89. The first kappa shape index (κ1) is 16.5. The monoisotopic (exact) mass is 312 g/mol. The maximum atomic E-state index is 12.1. The van der Waals surface area contributed by atoms with Crippen molar-refractivity contribution in [3.8, 4) is 0 Å². The molecule has 1 aromatic carbocycles. The topological polar surface area (TPSA) is 74.3 Å². The van der Waals surface area contributed by atoms with Crippen molar-refractivity contribution in [3.63, 3.8) is 0 Å². The van der Waals surface area contributed by atoms with Gasteiger partial charge in [0.05, 0.1) is 0 Å². The van der Waals surface area contributed by atoms with Crippen LogP contribution in [-0.4, -0.2) is 28.9 Å². The Morgan fingerprint density at radius 3 is 2.65 bits per heavy atom. The van der Waals surface area contributed by atoms with Crippen LogP contribution in [0, 0.1) is 0 Å². The molecule has 0 aliphatic carbocycles. The molecular formula is C17H20N4O2. The maximum Gasteiger partial charge on any atom is 0.317 e. The number of hydrogen-bond acceptors (Lipinski definition) is 3. The molecule has 0 bridgehead atoms. The number of benzene rings is 1. The van der Waals surface area contributed by atoms with Crippen LogP contribution in [-0.2, 0) is 17.9 Å². The van der Waals surface area contributed by atoms with E-state index in [1.165, 1.54) is 6.92 Å². The normalized spacial score (nSPS) is 10.0. The van der Waals surface area contributed by atoms with Crippen molar-refractivity contribution in [2.24, 2.45) is 0 Å². The van der Waals surface area contributed by atoms with Crippen molar-refractivity contribution in [2.45, 2.75) is 20.0 Å². The molecule has 0 saturated heterocycles. The Morgan fingerprint density at radius 2 is 1.96 bits per heavy atom. The molecule has 1 aromatic heterocycles. The molecule has 2 rings (SSSR count). The van der Waals surface area contributed by atoms with Gasteiger partial charge in [-0.1, -0.05) is 18.2 Å². The molecule has 2 N–H and O–H groups in total. The Morgan fingerprint density at radius 1 is 1.17 bits per heavy atom. The van der Waals surface area contributed by atoms with Gasteiger partial charge in [-0.3, -0.25) is 9.78 Å². The van der Waals surface area contributed by atoms with Crippen LogP contribution in [0.3, 0.4) is 0 Å². The van der Waals surface area contributed by atoms with E-state index >= 15 is 0 Å². The highest BCUT2D eigenvalue weighted by Crippen LogP contribution is 2.10. The molecule has 2 aromatic rings. The molecule has 0 spiro atoms. The van der Waals surface area contributed by atoms with Crippen LogP contribution >= 0.6 is 0 Å². The van der Waals surface area contributed by atoms with E-state index in [-0.39, 0.29) is 11.9 Å². The van der Waals surface area contributed by atoms with Crippen molar-refractivity contribution < 1.29 is 9.59 Å². The van der Waals surface area contributed by atoms with Crippen molar-refractivity contribution in [3.05, 3.63) is 59.9 Å². The van der Waals surface area contributed by atoms with Gasteiger partial charge >= 0.3 is 6.03 Å². The fraction of sp³-hybridized carbons (Fsp3) is 0.235. The van der Waals surface area contributed by atoms with Crippen LogP contribution in [0.15, 0.2) is 48.8 Å². The molecule has 0 fully saturated rings. The predicted octanol–water partition coefficient (Wildman–Crippen LogP) is 2.38. The molecule has 6 nitrogen and oxygen atoms in total. The minimum absolute atomic E-state index is 0.123. The van der Waals surface area contributed by atoms with E-state index in [9.17, 15) is 9.59 Å². The summed E-state index contributed by atoms with van der Waals surface area (Å²) in [6.07, 6.45) is 3.44. The van der Waals surface area contributed by atoms with Crippen LogP contribution in [0.4, 0.5) is 10.5 Å². The number of nitrogens with zero attached hydrogens (tertiary/aromatic N) is 2. The zero-order valence-corrected chi connectivity index (χ0v) is 13.2. The molecule has 0 atom stereocenters. The lowest BCUT2D eigenvalue weighted by molar-refractivity contribution is -0.114. The number of anilines is 1. The molecule has 0 radical (unpaired) electrons. The second-order valence-electron chi connectivity index (χ2n) is 5.26. The highest BCUT2D eigenvalue weighted by atomic mass is 16.2. The maximum absolute atomic E-state index is 12.1. The van der Waals surface area contributed by atoms with E-state index < -0.39 is 0 Å². The van der Waals surface area contributed by atoms with Gasteiger partial charge in [0.2, 0.25) is 5.91 Å². The number of rotatable bonds is 5. The summed E-state index contributed by atoms with van der Waals surface area (Å²) in [6.45, 7) is 2.34. The van der Waals surface area contributed by atoms with Crippen molar-refractivity contribution in [2.75, 3.05) is 12.4 Å². The van der Waals surface area contributed by atoms with Crippen molar-refractivity contribution in [1.82, 2.24) is 15.2 Å². The van der Waals surface area contributed by atoms with E-state index in [4.69, 9.17) is 0 Å². The van der Waals surface area contributed by atoms with Crippen LogP contribution in [0.1, 0.15) is 18.1 Å². The van der Waals surface area contributed by atoms with Gasteiger partial charge in [0.25, 0.3) is 0 Å². The number of carbonyl (C=O) groups is 2. The highest BCUT2D eigenvalue weighted by molar-refractivity contribution is 5.88. The summed E-state index contributed by atoms with van der Waals surface area (Å²) in [5.74, 6) is -0.123. The molecule has 3 amide bonds. The highest BCUT2D eigenvalue weighted by Gasteiger charge is 2.09. The number of urea groups is 1. The third-order valence-corrected chi connectivity index (χ3v) is 3.18. The van der Waals surface area contributed by atoms with Gasteiger partial charge in [-0.25, -0.2) is 4.79 Å². The Labute approximate surface area is 135 Å². The summed E-state index contributed by atoms with van der Waals surface area (Å²) in [7, 11) is 1.73. The lowest BCUT2D eigenvalue weighted by Gasteiger charge is -2.18. The van der Waals surface area contributed by atoms with E-state index in [0.717, 1.165) is 11.1 Å². The molecule has 0 saturated carbocycles. The van der Waals surface area contributed by atoms with Gasteiger partial charge in [-0.2, -0.15) is 0 Å². The van der Waals surface area contributed by atoms with E-state index in [1.54, 1.807) is 30.4 Å². The number of pyridine rings is 1. The summed E-state index contributed by atoms with van der Waals surface area (Å²) < 4.78 is 0. The van der Waals surface area contributed by atoms with Crippen molar-refractivity contribution >= 4 is 17.6 Å². The summed E-state index contributed by atoms with van der Waals surface area (Å²) >= 11 is 0. The zero-order valence-electron chi connectivity index (χ0n) is 13.2. The van der Waals surface area contributed by atoms with Gasteiger partial charge in [0, 0.05) is 45.1 Å². The quantitative estimate of drug-likeness (QED) is 0.890. The number of carbonyl (C=O) groups excluding carboxylic acids is 2. The number of nitrogens with one attached hydrogen (secondary N) is 2. The third kappa shape index (κ3) is 5.43. The fourth-order valence-corrected chi connectivity index (χ4v) is 2.11. The van der Waals surface area contributed by atoms with Gasteiger partial charge in [-0.05, 0) is 29.3 Å². The summed E-state index contributed by atoms with van der Waals surface area (Å²) in [6, 6.07) is 11.0. The van der Waals surface area contributed by atoms with Crippen LogP contribution < -0.4 is 10.6 Å². The van der Waals surface area contributed by atoms with E-state index in [0.29, 0.717) is 18.8 Å². The average molecular weight is 312 g/mol. The van der Waals surface area contributed by atoms with Crippen LogP contribution in [0.5, 0.6) is 0 Å². The van der Waals surface area contributed by atoms with Gasteiger partial charge in [0.1, 0.15) is 0 Å². The standard InChI is InChI=1S/C17H20N4O2/c1-13(22)20-16-7-3-5-14(9-16)11-19-17(23)21(2)12-15-6-4-8-18-10-15/h3-10H,11-12H2,1-2H3,(H,19,23)(H,20,22). The third-order valence-electron chi connectivity index (χ3n) is 3.18. The molecule has 120 valence electrons. The van der Waals surface area contributed by atoms with Gasteiger partial charge in [0.15, 0.2) is 0 Å². The SMILES string of the molecule is CC(=O)Nc1cccc(CNC(=O)N(C)Cc2cccnc2)c1. The second kappa shape index (κ2) is 7.93. The molecular weight excluding hydrogens is 292 g/mol. The van der Waals surface area contributed by atoms with Crippen LogP contribution in [0.2, 0.25) is 0 Å². The first-order chi connectivity index (χ1) is 11.0. The number of amides is 3. The first-order valence-corrected chi connectivity index (χ1v) is 7.29. The van der Waals surface area contributed by atoms with Gasteiger partial charge < -0.3 is 15.5 Å². The van der Waals surface area contributed by atoms with E-state index in [2.05, 4.69) is 15.6 Å². The molecule has 0 aliphatic rings. The van der Waals surface area contributed by atoms with Crippen molar-refractivity contribution in [1.29, 1.82) is 0 Å². The minimum Gasteiger partial charge on any atom is -0.334 e. The molecule has 0 aliphatic heterocycles. The molecule has 0 unspecified atom stereocenters. The van der Waals surface area contributed by atoms with E-state index in [1.807, 2.05) is 30.3 Å². The summed E-state index contributed by atoms with van der Waals surface area (Å²) in [4.78, 5) is 28.8.